The summed E-state index contributed by atoms with van der Waals surface area (Å²) < 4.78 is 6.17. The SMILES string of the molecule is COc1ccc2nc(N(Cc3ccccn3)C(=O)/C=C/c3cccc([N+](=O)[O-])c3)sc2c1. The number of hydrogen-bond donors (Lipinski definition) is 0. The minimum atomic E-state index is -0.470. The Hall–Kier alpha value is -4.11. The molecule has 2 aromatic heterocycles. The van der Waals surface area contributed by atoms with Crippen molar-refractivity contribution in [1.82, 2.24) is 9.97 Å². The first-order valence-electron chi connectivity index (χ1n) is 9.62. The Labute approximate surface area is 187 Å². The van der Waals surface area contributed by atoms with Gasteiger partial charge in [0, 0.05) is 24.4 Å². The van der Waals surface area contributed by atoms with Crippen LogP contribution in [0.25, 0.3) is 16.3 Å². The highest BCUT2D eigenvalue weighted by atomic mass is 32.1. The van der Waals surface area contributed by atoms with Gasteiger partial charge in [0.1, 0.15) is 5.75 Å². The van der Waals surface area contributed by atoms with Gasteiger partial charge in [0.05, 0.1) is 34.5 Å². The zero-order valence-corrected chi connectivity index (χ0v) is 17.9. The highest BCUT2D eigenvalue weighted by molar-refractivity contribution is 7.22. The topological polar surface area (TPSA) is 98.5 Å². The van der Waals surface area contributed by atoms with Crippen molar-refractivity contribution < 1.29 is 14.5 Å². The third-order valence-electron chi connectivity index (χ3n) is 4.63. The van der Waals surface area contributed by atoms with Crippen molar-refractivity contribution in [2.24, 2.45) is 0 Å². The predicted molar refractivity (Wildman–Crippen MR) is 124 cm³/mol. The summed E-state index contributed by atoms with van der Waals surface area (Å²) in [6.45, 7) is 0.232. The summed E-state index contributed by atoms with van der Waals surface area (Å²) in [5.41, 5.74) is 1.98. The summed E-state index contributed by atoms with van der Waals surface area (Å²) in [6.07, 6.45) is 4.60. The van der Waals surface area contributed by atoms with E-state index >= 15 is 0 Å². The van der Waals surface area contributed by atoms with Crippen LogP contribution in [0.2, 0.25) is 0 Å². The van der Waals surface area contributed by atoms with E-state index in [0.717, 1.165) is 10.2 Å². The molecule has 0 aliphatic rings. The van der Waals surface area contributed by atoms with E-state index in [1.54, 1.807) is 31.5 Å². The summed E-state index contributed by atoms with van der Waals surface area (Å²) in [5, 5.41) is 11.5. The molecule has 0 fully saturated rings. The van der Waals surface area contributed by atoms with Gasteiger partial charge in [-0.3, -0.25) is 24.8 Å². The number of nitro benzene ring substituents is 1. The second kappa shape index (κ2) is 9.36. The molecule has 4 aromatic rings. The second-order valence-corrected chi connectivity index (χ2v) is 7.77. The van der Waals surface area contributed by atoms with E-state index in [0.29, 0.717) is 22.1 Å². The maximum Gasteiger partial charge on any atom is 0.270 e. The monoisotopic (exact) mass is 446 g/mol. The number of benzene rings is 2. The van der Waals surface area contributed by atoms with Gasteiger partial charge in [-0.2, -0.15) is 0 Å². The third kappa shape index (κ3) is 4.79. The van der Waals surface area contributed by atoms with Crippen LogP contribution in [0.4, 0.5) is 10.8 Å². The molecule has 2 aromatic carbocycles. The molecule has 4 rings (SSSR count). The fourth-order valence-corrected chi connectivity index (χ4v) is 4.03. The Kier molecular flexibility index (Phi) is 6.18. The van der Waals surface area contributed by atoms with Gasteiger partial charge in [-0.15, -0.1) is 0 Å². The van der Waals surface area contributed by atoms with Gasteiger partial charge in [-0.25, -0.2) is 4.98 Å². The number of carbonyl (C=O) groups excluding carboxylic acids is 1. The molecule has 32 heavy (non-hydrogen) atoms. The smallest absolute Gasteiger partial charge is 0.270 e. The lowest BCUT2D eigenvalue weighted by atomic mass is 10.2. The summed E-state index contributed by atoms with van der Waals surface area (Å²) >= 11 is 1.37. The highest BCUT2D eigenvalue weighted by Gasteiger charge is 2.19. The number of carbonyl (C=O) groups is 1. The Morgan fingerprint density at radius 3 is 2.81 bits per heavy atom. The second-order valence-electron chi connectivity index (χ2n) is 6.76. The number of hydrogen-bond acceptors (Lipinski definition) is 7. The molecule has 0 unspecified atom stereocenters. The van der Waals surface area contributed by atoms with Crippen LogP contribution >= 0.6 is 11.3 Å². The predicted octanol–water partition coefficient (Wildman–Crippen LogP) is 4.85. The molecule has 1 amide bonds. The summed E-state index contributed by atoms with van der Waals surface area (Å²) in [6, 6.07) is 17.1. The van der Waals surface area contributed by atoms with Crippen LogP contribution in [0.1, 0.15) is 11.3 Å². The number of nitrogens with zero attached hydrogens (tertiary/aromatic N) is 4. The molecule has 0 N–H and O–H groups in total. The summed E-state index contributed by atoms with van der Waals surface area (Å²) in [4.78, 5) is 34.2. The number of anilines is 1. The van der Waals surface area contributed by atoms with Crippen LogP contribution in [0.3, 0.4) is 0 Å². The van der Waals surface area contributed by atoms with E-state index in [1.165, 1.54) is 34.4 Å². The number of aromatic nitrogens is 2. The zero-order chi connectivity index (χ0) is 22.5. The maximum atomic E-state index is 13.2. The number of ether oxygens (including phenoxy) is 1. The number of fused-ring (bicyclic) bond motifs is 1. The van der Waals surface area contributed by atoms with Gasteiger partial charge in [0.25, 0.3) is 11.6 Å². The number of amides is 1. The van der Waals surface area contributed by atoms with E-state index < -0.39 is 4.92 Å². The van der Waals surface area contributed by atoms with Crippen molar-refractivity contribution in [3.8, 4) is 5.75 Å². The lowest BCUT2D eigenvalue weighted by Crippen LogP contribution is -2.29. The Morgan fingerprint density at radius 1 is 1.19 bits per heavy atom. The van der Waals surface area contributed by atoms with E-state index in [9.17, 15) is 14.9 Å². The molecule has 0 saturated carbocycles. The molecule has 2 heterocycles. The number of non-ortho nitro benzene ring substituents is 1. The Morgan fingerprint density at radius 2 is 2.06 bits per heavy atom. The minimum absolute atomic E-state index is 0.0370. The highest BCUT2D eigenvalue weighted by Crippen LogP contribution is 2.32. The first-order valence-corrected chi connectivity index (χ1v) is 10.4. The minimum Gasteiger partial charge on any atom is -0.497 e. The summed E-state index contributed by atoms with van der Waals surface area (Å²) in [5.74, 6) is 0.397. The van der Waals surface area contributed by atoms with Gasteiger partial charge < -0.3 is 4.74 Å². The molecule has 0 aliphatic heterocycles. The molecule has 0 radical (unpaired) electrons. The van der Waals surface area contributed by atoms with Gasteiger partial charge in [0.2, 0.25) is 0 Å². The first-order chi connectivity index (χ1) is 15.5. The van der Waals surface area contributed by atoms with E-state index in [-0.39, 0.29) is 18.1 Å². The van der Waals surface area contributed by atoms with Crippen LogP contribution in [-0.2, 0) is 11.3 Å². The van der Waals surface area contributed by atoms with Crippen molar-refractivity contribution >= 4 is 44.4 Å². The van der Waals surface area contributed by atoms with Crippen LogP contribution < -0.4 is 9.64 Å². The molecule has 0 atom stereocenters. The van der Waals surface area contributed by atoms with Gasteiger partial charge in [0.15, 0.2) is 5.13 Å². The zero-order valence-electron chi connectivity index (χ0n) is 17.0. The summed E-state index contributed by atoms with van der Waals surface area (Å²) in [7, 11) is 1.60. The van der Waals surface area contributed by atoms with Crippen LogP contribution in [0.5, 0.6) is 5.75 Å². The Balaban J connectivity index is 1.67. The number of thiazole rings is 1. The average molecular weight is 446 g/mol. The quantitative estimate of drug-likeness (QED) is 0.229. The van der Waals surface area contributed by atoms with Crippen LogP contribution in [-0.4, -0.2) is 27.9 Å². The van der Waals surface area contributed by atoms with Gasteiger partial charge in [-0.05, 0) is 42.0 Å². The van der Waals surface area contributed by atoms with E-state index in [2.05, 4.69) is 9.97 Å². The average Bonchev–Trinajstić information content (AvgIpc) is 3.24. The molecule has 8 nitrogen and oxygen atoms in total. The number of pyridine rings is 1. The maximum absolute atomic E-state index is 13.2. The van der Waals surface area contributed by atoms with Crippen molar-refractivity contribution in [3.05, 3.63) is 94.3 Å². The van der Waals surface area contributed by atoms with Crippen molar-refractivity contribution in [2.45, 2.75) is 6.54 Å². The fourth-order valence-electron chi connectivity index (χ4n) is 3.03. The largest absolute Gasteiger partial charge is 0.497 e. The van der Waals surface area contributed by atoms with Crippen molar-refractivity contribution in [2.75, 3.05) is 12.0 Å². The molecule has 0 aliphatic carbocycles. The fraction of sp³-hybridized carbons (Fsp3) is 0.0870. The normalized spacial score (nSPS) is 11.0. The van der Waals surface area contributed by atoms with Crippen LogP contribution in [0.15, 0.2) is 72.9 Å². The molecule has 0 spiro atoms. The number of nitro groups is 1. The van der Waals surface area contributed by atoms with Gasteiger partial charge >= 0.3 is 0 Å². The molecule has 160 valence electrons. The van der Waals surface area contributed by atoms with Gasteiger partial charge in [-0.1, -0.05) is 29.5 Å². The molecule has 0 bridgehead atoms. The van der Waals surface area contributed by atoms with E-state index in [1.807, 2.05) is 36.4 Å². The molecular formula is C23H18N4O4S. The van der Waals surface area contributed by atoms with E-state index in [4.69, 9.17) is 4.74 Å². The first kappa shape index (κ1) is 21.1. The standard InChI is InChI=1S/C23H18N4O4S/c1-31-19-9-10-20-21(14-19)32-23(25-20)26(15-17-6-2-3-12-24-17)22(28)11-8-16-5-4-7-18(13-16)27(29)30/h2-14H,15H2,1H3/b11-8+. The number of methoxy groups -OCH3 is 1. The molecule has 9 heteroatoms. The molecular weight excluding hydrogens is 428 g/mol. The Bertz CT molecular complexity index is 1300. The lowest BCUT2D eigenvalue weighted by molar-refractivity contribution is -0.384. The number of rotatable bonds is 7. The van der Waals surface area contributed by atoms with Crippen molar-refractivity contribution in [3.63, 3.8) is 0 Å². The third-order valence-corrected chi connectivity index (χ3v) is 5.67. The lowest BCUT2D eigenvalue weighted by Gasteiger charge is -2.17. The van der Waals surface area contributed by atoms with Crippen LogP contribution in [0, 0.1) is 10.1 Å². The van der Waals surface area contributed by atoms with Crippen molar-refractivity contribution in [1.29, 1.82) is 0 Å². The molecule has 0 saturated heterocycles.